The zero-order valence-corrected chi connectivity index (χ0v) is 12.7. The SMILES string of the molecule is C=C(c1ccccc1)C1C(=O)C([C]2[CH][CH][CH][CH]2)=C1[C]1[CH][CH][CH][CH]1. The summed E-state index contributed by atoms with van der Waals surface area (Å²) in [5.41, 5.74) is 3.84. The molecule has 0 bridgehead atoms. The third kappa shape index (κ3) is 2.51. The Morgan fingerprint density at radius 3 is 2.00 bits per heavy atom. The average Bonchev–Trinajstić information content (AvgIpc) is 3.27. The maximum Gasteiger partial charge on any atom is 0.171 e. The van der Waals surface area contributed by atoms with Gasteiger partial charge in [0.05, 0.1) is 5.92 Å². The second kappa shape index (κ2) is 6.11. The largest absolute Gasteiger partial charge is 0.293 e. The minimum atomic E-state index is -0.246. The van der Waals surface area contributed by atoms with E-state index in [0.717, 1.165) is 34.1 Å². The Morgan fingerprint density at radius 2 is 1.39 bits per heavy atom. The first kappa shape index (κ1) is 14.9. The van der Waals surface area contributed by atoms with Crippen molar-refractivity contribution >= 4 is 11.4 Å². The Kier molecular flexibility index (Phi) is 3.97. The lowest BCUT2D eigenvalue weighted by Gasteiger charge is -2.39. The fourth-order valence-electron chi connectivity index (χ4n) is 3.33. The Bertz CT molecular complexity index is 640. The first-order valence-corrected chi connectivity index (χ1v) is 7.74. The van der Waals surface area contributed by atoms with E-state index in [0.29, 0.717) is 0 Å². The van der Waals surface area contributed by atoms with Gasteiger partial charge in [-0.05, 0) is 68.1 Å². The highest BCUT2D eigenvalue weighted by Crippen LogP contribution is 2.52. The van der Waals surface area contributed by atoms with Crippen molar-refractivity contribution in [3.05, 3.63) is 117 Å². The predicted octanol–water partition coefficient (Wildman–Crippen LogP) is 4.01. The molecule has 1 heteroatoms. The van der Waals surface area contributed by atoms with E-state index < -0.39 is 0 Å². The fourth-order valence-corrected chi connectivity index (χ4v) is 3.33. The zero-order chi connectivity index (χ0) is 15.8. The van der Waals surface area contributed by atoms with Crippen LogP contribution in [-0.4, -0.2) is 5.78 Å². The van der Waals surface area contributed by atoms with Crippen LogP contribution in [0.1, 0.15) is 5.56 Å². The lowest BCUT2D eigenvalue weighted by molar-refractivity contribution is -0.118. The smallest absolute Gasteiger partial charge is 0.171 e. The molecule has 1 aromatic rings. The molecule has 3 aliphatic carbocycles. The molecule has 0 spiro atoms. The lowest BCUT2D eigenvalue weighted by Crippen LogP contribution is -2.37. The molecule has 0 N–H and O–H groups in total. The van der Waals surface area contributed by atoms with Crippen molar-refractivity contribution in [2.75, 3.05) is 0 Å². The van der Waals surface area contributed by atoms with E-state index in [1.54, 1.807) is 0 Å². The van der Waals surface area contributed by atoms with Gasteiger partial charge >= 0.3 is 0 Å². The molecule has 1 nitrogen and oxygen atoms in total. The molecule has 4 rings (SSSR count). The van der Waals surface area contributed by atoms with Crippen LogP contribution < -0.4 is 0 Å². The molecule has 0 aromatic heterocycles. The number of hydrogen-bond acceptors (Lipinski definition) is 1. The summed E-state index contributed by atoms with van der Waals surface area (Å²) in [6, 6.07) is 9.96. The summed E-state index contributed by atoms with van der Waals surface area (Å²) in [6.07, 6.45) is 16.1. The Hall–Kier alpha value is -1.63. The molecule has 110 valence electrons. The third-order valence-electron chi connectivity index (χ3n) is 4.48. The second-order valence-corrected chi connectivity index (χ2v) is 5.82. The van der Waals surface area contributed by atoms with E-state index in [1.165, 1.54) is 0 Å². The van der Waals surface area contributed by atoms with Gasteiger partial charge in [0.1, 0.15) is 0 Å². The van der Waals surface area contributed by atoms with Gasteiger partial charge in [-0.3, -0.25) is 4.79 Å². The van der Waals surface area contributed by atoms with Gasteiger partial charge in [0.25, 0.3) is 0 Å². The van der Waals surface area contributed by atoms with E-state index in [9.17, 15) is 4.79 Å². The highest BCUT2D eigenvalue weighted by atomic mass is 16.1. The summed E-state index contributed by atoms with van der Waals surface area (Å²) < 4.78 is 0. The van der Waals surface area contributed by atoms with Crippen LogP contribution in [-0.2, 0) is 4.79 Å². The predicted molar refractivity (Wildman–Crippen MR) is 91.9 cm³/mol. The molecule has 23 heavy (non-hydrogen) atoms. The van der Waals surface area contributed by atoms with Gasteiger partial charge in [0.15, 0.2) is 5.78 Å². The number of Topliss-reactive ketones (excluding diaryl/α,β-unsaturated/α-hetero) is 1. The number of allylic oxidation sites excluding steroid dienone is 3. The highest BCUT2D eigenvalue weighted by molar-refractivity contribution is 6.18. The molecule has 3 aliphatic rings. The summed E-state index contributed by atoms with van der Waals surface area (Å²) in [7, 11) is 0. The lowest BCUT2D eigenvalue weighted by atomic mass is 9.62. The van der Waals surface area contributed by atoms with Crippen LogP contribution in [0.4, 0.5) is 0 Å². The van der Waals surface area contributed by atoms with E-state index in [-0.39, 0.29) is 11.7 Å². The van der Waals surface area contributed by atoms with Gasteiger partial charge < -0.3 is 0 Å². The van der Waals surface area contributed by atoms with Crippen molar-refractivity contribution in [1.82, 2.24) is 0 Å². The number of ketones is 1. The van der Waals surface area contributed by atoms with E-state index in [1.807, 2.05) is 68.9 Å². The van der Waals surface area contributed by atoms with Gasteiger partial charge in [-0.2, -0.15) is 0 Å². The number of benzene rings is 1. The van der Waals surface area contributed by atoms with Gasteiger partial charge in [-0.1, -0.05) is 36.9 Å². The molecule has 0 aliphatic heterocycles. The summed E-state index contributed by atoms with van der Waals surface area (Å²) >= 11 is 0. The number of hydrogen-bond donors (Lipinski definition) is 0. The summed E-state index contributed by atoms with van der Waals surface area (Å²) in [4.78, 5) is 12.9. The normalized spacial score (nSPS) is 25.9. The Morgan fingerprint density at radius 1 is 0.826 bits per heavy atom. The topological polar surface area (TPSA) is 17.1 Å². The molecule has 0 amide bonds. The molecule has 1 atom stereocenters. The van der Waals surface area contributed by atoms with Crippen LogP contribution in [0.25, 0.3) is 5.57 Å². The van der Waals surface area contributed by atoms with E-state index >= 15 is 0 Å². The molecular formula is C22H16O. The quantitative estimate of drug-likeness (QED) is 0.820. The molecule has 2 fully saturated rings. The molecule has 0 heterocycles. The first-order valence-electron chi connectivity index (χ1n) is 7.74. The van der Waals surface area contributed by atoms with Crippen molar-refractivity contribution < 1.29 is 4.79 Å². The van der Waals surface area contributed by atoms with Gasteiger partial charge in [0, 0.05) is 17.4 Å². The van der Waals surface area contributed by atoms with Crippen LogP contribution in [0, 0.1) is 69.1 Å². The summed E-state index contributed by atoms with van der Waals surface area (Å²) in [5.74, 6) is 2.04. The molecule has 1 unspecified atom stereocenters. The Balaban J connectivity index is 1.69. The van der Waals surface area contributed by atoms with Crippen molar-refractivity contribution in [2.24, 2.45) is 5.92 Å². The molecule has 1 aromatic carbocycles. The molecular weight excluding hydrogens is 280 g/mol. The highest BCUT2D eigenvalue weighted by Gasteiger charge is 2.48. The zero-order valence-electron chi connectivity index (χ0n) is 12.7. The number of rotatable bonds is 4. The second-order valence-electron chi connectivity index (χ2n) is 5.82. The minimum Gasteiger partial charge on any atom is -0.293 e. The maximum absolute atomic E-state index is 12.9. The maximum atomic E-state index is 12.9. The monoisotopic (exact) mass is 296 g/mol. The van der Waals surface area contributed by atoms with E-state index in [4.69, 9.17) is 0 Å². The van der Waals surface area contributed by atoms with Crippen LogP contribution >= 0.6 is 0 Å². The standard InChI is InChI=1S/C22H16O/c1-15(16-9-3-2-4-10-16)19-20(17-11-5-6-12-17)21(22(19)23)18-13-7-8-14-18/h2-14,19H,1H2. The number of carbonyl (C=O) groups excluding carboxylic acids is 1. The van der Waals surface area contributed by atoms with Gasteiger partial charge in [-0.25, -0.2) is 0 Å². The third-order valence-corrected chi connectivity index (χ3v) is 4.48. The number of carbonyl (C=O) groups is 1. The molecule has 0 saturated heterocycles. The summed E-state index contributed by atoms with van der Waals surface area (Å²) in [6.45, 7) is 4.22. The van der Waals surface area contributed by atoms with Gasteiger partial charge in [-0.15, -0.1) is 0 Å². The summed E-state index contributed by atoms with van der Waals surface area (Å²) in [5, 5.41) is 0. The van der Waals surface area contributed by atoms with Crippen molar-refractivity contribution in [3.63, 3.8) is 0 Å². The first-order chi connectivity index (χ1) is 11.3. The van der Waals surface area contributed by atoms with Crippen LogP contribution in [0.2, 0.25) is 0 Å². The van der Waals surface area contributed by atoms with Crippen molar-refractivity contribution in [2.45, 2.75) is 0 Å². The fraction of sp³-hybridized carbons (Fsp3) is 0.0455. The van der Waals surface area contributed by atoms with Crippen LogP contribution in [0.5, 0.6) is 0 Å². The van der Waals surface area contributed by atoms with Gasteiger partial charge in [0.2, 0.25) is 0 Å². The molecule has 2 saturated carbocycles. The average molecular weight is 296 g/mol. The van der Waals surface area contributed by atoms with Crippen molar-refractivity contribution in [1.29, 1.82) is 0 Å². The van der Waals surface area contributed by atoms with Crippen molar-refractivity contribution in [3.8, 4) is 0 Å². The van der Waals surface area contributed by atoms with E-state index in [2.05, 4.69) is 19.4 Å². The van der Waals surface area contributed by atoms with Crippen LogP contribution in [0.3, 0.4) is 0 Å². The minimum absolute atomic E-state index is 0.168. The van der Waals surface area contributed by atoms with Crippen LogP contribution in [0.15, 0.2) is 48.1 Å². The Labute approximate surface area is 139 Å². The molecule has 10 radical (unpaired) electrons.